The van der Waals surface area contributed by atoms with Gasteiger partial charge in [-0.1, -0.05) is 22.0 Å². The molecule has 0 aliphatic carbocycles. The lowest BCUT2D eigenvalue weighted by molar-refractivity contribution is -0.137. The van der Waals surface area contributed by atoms with Gasteiger partial charge in [0.05, 0.1) is 0 Å². The third-order valence-electron chi connectivity index (χ3n) is 3.21. The maximum atomic E-state index is 11.7. The smallest absolute Gasteiger partial charge is 0.303 e. The number of amides is 1. The van der Waals surface area contributed by atoms with Crippen LogP contribution in [0.3, 0.4) is 0 Å². The number of aryl methyl sites for hydroxylation is 1. The predicted molar refractivity (Wildman–Crippen MR) is 84.1 cm³/mol. The highest BCUT2D eigenvalue weighted by molar-refractivity contribution is 9.10. The van der Waals surface area contributed by atoms with Gasteiger partial charge in [0.2, 0.25) is 5.91 Å². The number of benzene rings is 1. The maximum Gasteiger partial charge on any atom is 0.303 e. The highest BCUT2D eigenvalue weighted by atomic mass is 79.9. The standard InChI is InChI=1S/C15H17BrN2O3/c16-12-4-3-11-5-8-18(13(11)10-12)9-6-14(19)17-7-1-2-15(20)21/h3-5,8,10H,1-2,6-7,9H2,(H,17,19)(H,20,21). The Balaban J connectivity index is 1.83. The van der Waals surface area contributed by atoms with Gasteiger partial charge in [-0.15, -0.1) is 0 Å². The van der Waals surface area contributed by atoms with Crippen LogP contribution in [0.15, 0.2) is 34.9 Å². The third-order valence-corrected chi connectivity index (χ3v) is 3.70. The van der Waals surface area contributed by atoms with Gasteiger partial charge in [-0.2, -0.15) is 0 Å². The molecule has 0 radical (unpaired) electrons. The highest BCUT2D eigenvalue weighted by Crippen LogP contribution is 2.21. The molecule has 1 aromatic heterocycles. The molecule has 1 aromatic carbocycles. The van der Waals surface area contributed by atoms with Crippen molar-refractivity contribution >= 4 is 38.7 Å². The van der Waals surface area contributed by atoms with E-state index >= 15 is 0 Å². The number of carbonyl (C=O) groups excluding carboxylic acids is 1. The molecule has 1 heterocycles. The second-order valence-corrected chi connectivity index (χ2v) is 5.73. The Morgan fingerprint density at radius 3 is 2.81 bits per heavy atom. The number of halogens is 1. The van der Waals surface area contributed by atoms with Crippen molar-refractivity contribution in [1.82, 2.24) is 9.88 Å². The number of nitrogens with zero attached hydrogens (tertiary/aromatic N) is 1. The molecular weight excluding hydrogens is 336 g/mol. The summed E-state index contributed by atoms with van der Waals surface area (Å²) in [6.07, 6.45) is 2.88. The molecular formula is C15H17BrN2O3. The zero-order valence-electron chi connectivity index (χ0n) is 11.5. The fourth-order valence-electron chi connectivity index (χ4n) is 2.13. The van der Waals surface area contributed by atoms with Gasteiger partial charge in [-0.25, -0.2) is 0 Å². The number of aromatic nitrogens is 1. The normalized spacial score (nSPS) is 10.7. The van der Waals surface area contributed by atoms with E-state index in [1.165, 1.54) is 0 Å². The minimum atomic E-state index is -0.839. The van der Waals surface area contributed by atoms with Crippen molar-refractivity contribution in [1.29, 1.82) is 0 Å². The fourth-order valence-corrected chi connectivity index (χ4v) is 2.48. The number of aliphatic carboxylic acids is 1. The number of rotatable bonds is 7. The van der Waals surface area contributed by atoms with Crippen LogP contribution < -0.4 is 5.32 Å². The first kappa shape index (κ1) is 15.6. The maximum absolute atomic E-state index is 11.7. The first-order valence-electron chi connectivity index (χ1n) is 6.79. The summed E-state index contributed by atoms with van der Waals surface area (Å²) < 4.78 is 3.05. The van der Waals surface area contributed by atoms with Crippen LogP contribution in [0.1, 0.15) is 19.3 Å². The van der Waals surface area contributed by atoms with Crippen molar-refractivity contribution in [2.75, 3.05) is 6.54 Å². The lowest BCUT2D eigenvalue weighted by atomic mass is 10.2. The molecule has 0 fully saturated rings. The summed E-state index contributed by atoms with van der Waals surface area (Å²) in [5.74, 6) is -0.897. The summed E-state index contributed by atoms with van der Waals surface area (Å²) in [6, 6.07) is 8.07. The molecule has 2 N–H and O–H groups in total. The molecule has 0 aliphatic heterocycles. The molecule has 112 valence electrons. The Morgan fingerprint density at radius 1 is 1.24 bits per heavy atom. The molecule has 0 saturated heterocycles. The second-order valence-electron chi connectivity index (χ2n) is 4.81. The van der Waals surface area contributed by atoms with E-state index in [9.17, 15) is 9.59 Å². The largest absolute Gasteiger partial charge is 0.481 e. The number of hydrogen-bond acceptors (Lipinski definition) is 2. The van der Waals surface area contributed by atoms with Crippen molar-refractivity contribution in [3.63, 3.8) is 0 Å². The molecule has 0 saturated carbocycles. The summed E-state index contributed by atoms with van der Waals surface area (Å²) in [4.78, 5) is 22.1. The van der Waals surface area contributed by atoms with E-state index in [0.717, 1.165) is 15.4 Å². The molecule has 6 heteroatoms. The topological polar surface area (TPSA) is 71.3 Å². The number of hydrogen-bond donors (Lipinski definition) is 2. The van der Waals surface area contributed by atoms with Crippen molar-refractivity contribution in [3.8, 4) is 0 Å². The lowest BCUT2D eigenvalue weighted by Gasteiger charge is -2.07. The second kappa shape index (κ2) is 7.26. The van der Waals surface area contributed by atoms with E-state index in [0.29, 0.717) is 25.9 Å². The van der Waals surface area contributed by atoms with E-state index < -0.39 is 5.97 Å². The summed E-state index contributed by atoms with van der Waals surface area (Å²) in [6.45, 7) is 1.01. The predicted octanol–water partition coefficient (Wildman–Crippen LogP) is 2.77. The average molecular weight is 353 g/mol. The molecule has 2 aromatic rings. The number of nitrogens with one attached hydrogen (secondary N) is 1. The number of carbonyl (C=O) groups is 2. The Morgan fingerprint density at radius 2 is 2.05 bits per heavy atom. The number of carboxylic acid groups (broad SMARTS) is 1. The molecule has 0 bridgehead atoms. The fraction of sp³-hybridized carbons (Fsp3) is 0.333. The number of carboxylic acids is 1. The monoisotopic (exact) mass is 352 g/mol. The van der Waals surface area contributed by atoms with Crippen molar-refractivity contribution < 1.29 is 14.7 Å². The molecule has 21 heavy (non-hydrogen) atoms. The Kier molecular flexibility index (Phi) is 5.38. The van der Waals surface area contributed by atoms with Gasteiger partial charge in [0.25, 0.3) is 0 Å². The summed E-state index contributed by atoms with van der Waals surface area (Å²) >= 11 is 3.44. The van der Waals surface area contributed by atoms with Gasteiger partial charge in [0.15, 0.2) is 0 Å². The Hall–Kier alpha value is -1.82. The van der Waals surface area contributed by atoms with Crippen LogP contribution >= 0.6 is 15.9 Å². The summed E-state index contributed by atoms with van der Waals surface area (Å²) in [5, 5.41) is 12.4. The lowest BCUT2D eigenvalue weighted by Crippen LogP contribution is -2.25. The van der Waals surface area contributed by atoms with E-state index in [4.69, 9.17) is 5.11 Å². The van der Waals surface area contributed by atoms with E-state index in [1.807, 2.05) is 35.0 Å². The molecule has 0 aliphatic rings. The van der Waals surface area contributed by atoms with Gasteiger partial charge in [-0.05, 0) is 30.0 Å². The minimum absolute atomic E-state index is 0.0581. The Bertz CT molecular complexity index is 651. The van der Waals surface area contributed by atoms with E-state index in [1.54, 1.807) is 0 Å². The van der Waals surface area contributed by atoms with Crippen molar-refractivity contribution in [2.45, 2.75) is 25.8 Å². The Labute approximate surface area is 131 Å². The van der Waals surface area contributed by atoms with Gasteiger partial charge < -0.3 is 15.0 Å². The average Bonchev–Trinajstić information content (AvgIpc) is 2.83. The first-order valence-corrected chi connectivity index (χ1v) is 7.58. The van der Waals surface area contributed by atoms with Crippen LogP contribution in [0.25, 0.3) is 10.9 Å². The van der Waals surface area contributed by atoms with Crippen LogP contribution in [0.2, 0.25) is 0 Å². The van der Waals surface area contributed by atoms with Crippen LogP contribution in [0.4, 0.5) is 0 Å². The van der Waals surface area contributed by atoms with Gasteiger partial charge in [0, 0.05) is 42.1 Å². The molecule has 5 nitrogen and oxygen atoms in total. The van der Waals surface area contributed by atoms with Crippen molar-refractivity contribution in [3.05, 3.63) is 34.9 Å². The van der Waals surface area contributed by atoms with Crippen LogP contribution in [0, 0.1) is 0 Å². The quantitative estimate of drug-likeness (QED) is 0.752. The number of fused-ring (bicyclic) bond motifs is 1. The molecule has 1 amide bonds. The zero-order valence-corrected chi connectivity index (χ0v) is 13.1. The van der Waals surface area contributed by atoms with Crippen LogP contribution in [0.5, 0.6) is 0 Å². The third kappa shape index (κ3) is 4.60. The van der Waals surface area contributed by atoms with Crippen LogP contribution in [-0.4, -0.2) is 28.1 Å². The van der Waals surface area contributed by atoms with Gasteiger partial charge >= 0.3 is 5.97 Å². The minimum Gasteiger partial charge on any atom is -0.481 e. The molecule has 0 atom stereocenters. The molecule has 0 spiro atoms. The van der Waals surface area contributed by atoms with E-state index in [2.05, 4.69) is 21.2 Å². The van der Waals surface area contributed by atoms with Crippen molar-refractivity contribution in [2.24, 2.45) is 0 Å². The zero-order chi connectivity index (χ0) is 15.2. The van der Waals surface area contributed by atoms with E-state index in [-0.39, 0.29) is 12.3 Å². The van der Waals surface area contributed by atoms with Crippen LogP contribution in [-0.2, 0) is 16.1 Å². The molecule has 2 rings (SSSR count). The summed E-state index contributed by atoms with van der Waals surface area (Å²) in [5.41, 5.74) is 1.09. The van der Waals surface area contributed by atoms with Gasteiger partial charge in [-0.3, -0.25) is 9.59 Å². The van der Waals surface area contributed by atoms with Gasteiger partial charge in [0.1, 0.15) is 0 Å². The summed E-state index contributed by atoms with van der Waals surface area (Å²) in [7, 11) is 0. The first-order chi connectivity index (χ1) is 10.1. The SMILES string of the molecule is O=C(O)CCCNC(=O)CCn1ccc2ccc(Br)cc21. The molecule has 0 unspecified atom stereocenters. The highest BCUT2D eigenvalue weighted by Gasteiger charge is 2.05.